The Balaban J connectivity index is 3.15. The van der Waals surface area contributed by atoms with Crippen LogP contribution in [-0.2, 0) is 9.59 Å². The van der Waals surface area contributed by atoms with Crippen molar-refractivity contribution >= 4 is 23.6 Å². The van der Waals surface area contributed by atoms with E-state index in [-0.39, 0.29) is 5.91 Å². The van der Waals surface area contributed by atoms with Crippen molar-refractivity contribution < 1.29 is 14.7 Å². The van der Waals surface area contributed by atoms with E-state index >= 15 is 0 Å². The molecule has 37 heavy (non-hydrogen) atoms. The molecule has 0 aliphatic heterocycles. The molecular formula is C32H63NO3S. The molecule has 2 N–H and O–H groups in total. The van der Waals surface area contributed by atoms with Gasteiger partial charge in [-0.2, -0.15) is 11.8 Å². The quantitative estimate of drug-likeness (QED) is 0.0857. The maximum atomic E-state index is 12.0. The summed E-state index contributed by atoms with van der Waals surface area (Å²) in [7, 11) is 0. The maximum absolute atomic E-state index is 12.0. The molecule has 0 rings (SSSR count). The van der Waals surface area contributed by atoms with Crippen LogP contribution in [0.15, 0.2) is 0 Å². The highest BCUT2D eigenvalue weighted by Gasteiger charge is 2.01. The smallest absolute Gasteiger partial charge is 0.303 e. The van der Waals surface area contributed by atoms with Crippen LogP contribution in [0.25, 0.3) is 0 Å². The third-order valence-electron chi connectivity index (χ3n) is 7.22. The lowest BCUT2D eigenvalue weighted by atomic mass is 10.1. The lowest BCUT2D eigenvalue weighted by Crippen LogP contribution is -2.23. The number of thioether (sulfide) groups is 1. The Morgan fingerprint density at radius 1 is 0.514 bits per heavy atom. The number of hydrogen-bond donors (Lipinski definition) is 2. The van der Waals surface area contributed by atoms with Gasteiger partial charge in [0.1, 0.15) is 0 Å². The van der Waals surface area contributed by atoms with E-state index in [1.807, 2.05) is 0 Å². The zero-order valence-electron chi connectivity index (χ0n) is 24.7. The van der Waals surface area contributed by atoms with Crippen LogP contribution in [0.4, 0.5) is 0 Å². The summed E-state index contributed by atoms with van der Waals surface area (Å²) in [6, 6.07) is 0. The van der Waals surface area contributed by atoms with Crippen LogP contribution in [-0.4, -0.2) is 35.0 Å². The number of nitrogens with one attached hydrogen (secondary N) is 1. The fourth-order valence-corrected chi connectivity index (χ4v) is 5.79. The van der Waals surface area contributed by atoms with Crippen molar-refractivity contribution in [3.8, 4) is 0 Å². The van der Waals surface area contributed by atoms with E-state index in [4.69, 9.17) is 5.11 Å². The van der Waals surface area contributed by atoms with E-state index in [9.17, 15) is 9.59 Å². The normalized spacial score (nSPS) is 11.2. The van der Waals surface area contributed by atoms with Crippen molar-refractivity contribution in [3.63, 3.8) is 0 Å². The Hall–Kier alpha value is -0.710. The van der Waals surface area contributed by atoms with Gasteiger partial charge in [0.2, 0.25) is 5.91 Å². The summed E-state index contributed by atoms with van der Waals surface area (Å²) >= 11 is 2.15. The fourth-order valence-electron chi connectivity index (χ4n) is 4.77. The van der Waals surface area contributed by atoms with E-state index in [0.717, 1.165) is 38.6 Å². The van der Waals surface area contributed by atoms with Crippen molar-refractivity contribution in [2.24, 2.45) is 0 Å². The molecule has 0 spiro atoms. The van der Waals surface area contributed by atoms with Gasteiger partial charge in [0.15, 0.2) is 0 Å². The topological polar surface area (TPSA) is 66.4 Å². The molecule has 0 aromatic carbocycles. The number of hydrogen-bond acceptors (Lipinski definition) is 3. The molecule has 0 aliphatic carbocycles. The Labute approximate surface area is 235 Å². The monoisotopic (exact) mass is 541 g/mol. The number of carboxylic acids is 1. The van der Waals surface area contributed by atoms with Gasteiger partial charge in [-0.25, -0.2) is 0 Å². The van der Waals surface area contributed by atoms with Gasteiger partial charge in [0.05, 0.1) is 0 Å². The van der Waals surface area contributed by atoms with Gasteiger partial charge in [-0.15, -0.1) is 0 Å². The summed E-state index contributed by atoms with van der Waals surface area (Å²) in [5, 5.41) is 11.7. The summed E-state index contributed by atoms with van der Waals surface area (Å²) in [4.78, 5) is 22.4. The first kappa shape index (κ1) is 36.3. The van der Waals surface area contributed by atoms with Gasteiger partial charge < -0.3 is 10.4 Å². The standard InChI is InChI=1S/C32H63NO3S/c1-2-3-4-5-6-7-10-14-19-24-29-37-30-25-20-15-12-16-21-26-31(34)33-28-23-18-13-9-8-11-17-22-27-32(35)36/h2-30H2,1H3,(H,33,34)(H,35,36). The average molecular weight is 542 g/mol. The molecule has 0 aromatic heterocycles. The molecule has 0 unspecified atom stereocenters. The van der Waals surface area contributed by atoms with Gasteiger partial charge >= 0.3 is 5.97 Å². The summed E-state index contributed by atoms with van der Waals surface area (Å²) in [6.07, 6.45) is 31.6. The first-order valence-corrected chi connectivity index (χ1v) is 17.4. The number of carboxylic acid groups (broad SMARTS) is 1. The van der Waals surface area contributed by atoms with Gasteiger partial charge in [-0.05, 0) is 43.6 Å². The van der Waals surface area contributed by atoms with E-state index in [1.165, 1.54) is 134 Å². The Kier molecular flexibility index (Phi) is 30.9. The summed E-state index contributed by atoms with van der Waals surface area (Å²) < 4.78 is 0. The highest BCUT2D eigenvalue weighted by atomic mass is 32.2. The number of aliphatic carboxylic acids is 1. The second-order valence-electron chi connectivity index (χ2n) is 11.0. The highest BCUT2D eigenvalue weighted by molar-refractivity contribution is 7.99. The minimum Gasteiger partial charge on any atom is -0.481 e. The van der Waals surface area contributed by atoms with Gasteiger partial charge in [-0.3, -0.25) is 9.59 Å². The van der Waals surface area contributed by atoms with E-state index in [0.29, 0.717) is 12.8 Å². The fraction of sp³-hybridized carbons (Fsp3) is 0.938. The van der Waals surface area contributed by atoms with E-state index < -0.39 is 5.97 Å². The molecule has 0 fully saturated rings. The molecule has 0 radical (unpaired) electrons. The first-order chi connectivity index (χ1) is 18.2. The molecule has 5 heteroatoms. The lowest BCUT2D eigenvalue weighted by Gasteiger charge is -2.06. The van der Waals surface area contributed by atoms with Crippen LogP contribution in [0.3, 0.4) is 0 Å². The van der Waals surface area contributed by atoms with Crippen molar-refractivity contribution in [2.75, 3.05) is 18.1 Å². The number of rotatable bonds is 31. The van der Waals surface area contributed by atoms with Gasteiger partial charge in [0.25, 0.3) is 0 Å². The van der Waals surface area contributed by atoms with Crippen molar-refractivity contribution in [3.05, 3.63) is 0 Å². The molecule has 0 saturated heterocycles. The second-order valence-corrected chi connectivity index (χ2v) is 12.2. The lowest BCUT2D eigenvalue weighted by molar-refractivity contribution is -0.137. The molecule has 0 heterocycles. The predicted octanol–water partition coefficient (Wildman–Crippen LogP) is 10.1. The second kappa shape index (κ2) is 31.5. The number of carbonyl (C=O) groups excluding carboxylic acids is 1. The minimum atomic E-state index is -0.684. The van der Waals surface area contributed by atoms with Crippen LogP contribution >= 0.6 is 11.8 Å². The molecule has 220 valence electrons. The third-order valence-corrected chi connectivity index (χ3v) is 8.38. The predicted molar refractivity (Wildman–Crippen MR) is 164 cm³/mol. The largest absolute Gasteiger partial charge is 0.481 e. The Morgan fingerprint density at radius 2 is 0.892 bits per heavy atom. The Morgan fingerprint density at radius 3 is 1.35 bits per heavy atom. The molecule has 0 atom stereocenters. The molecule has 0 aliphatic rings. The van der Waals surface area contributed by atoms with Crippen molar-refractivity contribution in [1.29, 1.82) is 0 Å². The summed E-state index contributed by atoms with van der Waals surface area (Å²) in [6.45, 7) is 3.10. The molecule has 0 aromatic rings. The zero-order valence-corrected chi connectivity index (χ0v) is 25.5. The van der Waals surface area contributed by atoms with Crippen LogP contribution in [0.1, 0.15) is 174 Å². The van der Waals surface area contributed by atoms with E-state index in [1.54, 1.807) is 0 Å². The number of amides is 1. The van der Waals surface area contributed by atoms with Crippen LogP contribution < -0.4 is 5.32 Å². The Bertz CT molecular complexity index is 487. The van der Waals surface area contributed by atoms with Gasteiger partial charge in [-0.1, -0.05) is 129 Å². The maximum Gasteiger partial charge on any atom is 0.303 e. The van der Waals surface area contributed by atoms with Crippen LogP contribution in [0, 0.1) is 0 Å². The van der Waals surface area contributed by atoms with E-state index in [2.05, 4.69) is 24.0 Å². The number of carbonyl (C=O) groups is 2. The van der Waals surface area contributed by atoms with Crippen LogP contribution in [0.2, 0.25) is 0 Å². The zero-order chi connectivity index (χ0) is 27.1. The molecule has 1 amide bonds. The SMILES string of the molecule is CCCCCCCCCCCCSCCCCCCCCC(=O)NCCCCCCCCCCC(=O)O. The van der Waals surface area contributed by atoms with Crippen molar-refractivity contribution in [2.45, 2.75) is 174 Å². The third kappa shape index (κ3) is 33.3. The van der Waals surface area contributed by atoms with Crippen LogP contribution in [0.5, 0.6) is 0 Å². The minimum absolute atomic E-state index is 0.224. The first-order valence-electron chi connectivity index (χ1n) is 16.2. The molecular weight excluding hydrogens is 478 g/mol. The van der Waals surface area contributed by atoms with Gasteiger partial charge in [0, 0.05) is 19.4 Å². The summed E-state index contributed by atoms with van der Waals surface area (Å²) in [5.74, 6) is 2.22. The molecule has 0 bridgehead atoms. The average Bonchev–Trinajstić information content (AvgIpc) is 2.88. The highest BCUT2D eigenvalue weighted by Crippen LogP contribution is 2.15. The molecule has 4 nitrogen and oxygen atoms in total. The number of unbranched alkanes of at least 4 members (excludes halogenated alkanes) is 21. The summed E-state index contributed by atoms with van der Waals surface area (Å²) in [5.41, 5.74) is 0. The molecule has 0 saturated carbocycles. The van der Waals surface area contributed by atoms with Crippen molar-refractivity contribution in [1.82, 2.24) is 5.32 Å².